The fourth-order valence-electron chi connectivity index (χ4n) is 1.10. The molecule has 0 fully saturated rings. The van der Waals surface area contributed by atoms with E-state index >= 15 is 0 Å². The molecular formula is C9H12FNO4S2. The first-order valence-corrected chi connectivity index (χ1v) is 7.73. The van der Waals surface area contributed by atoms with Gasteiger partial charge in [-0.25, -0.2) is 13.1 Å². The summed E-state index contributed by atoms with van der Waals surface area (Å²) in [5.74, 6) is -0.877. The molecule has 0 radical (unpaired) electrons. The van der Waals surface area contributed by atoms with Gasteiger partial charge in [0.25, 0.3) is 0 Å². The van der Waals surface area contributed by atoms with Crippen LogP contribution in [0.25, 0.3) is 0 Å². The zero-order valence-electron chi connectivity index (χ0n) is 9.05. The van der Waals surface area contributed by atoms with Crippen LogP contribution in [0.5, 0.6) is 0 Å². The Kier molecular flexibility index (Phi) is 4.23. The minimum Gasteiger partial charge on any atom is -0.210 e. The highest BCUT2D eigenvalue weighted by Crippen LogP contribution is 2.09. The second kappa shape index (κ2) is 5.11. The van der Waals surface area contributed by atoms with Crippen molar-refractivity contribution in [1.29, 1.82) is 0 Å². The Hall–Kier alpha value is -0.990. The highest BCUT2D eigenvalue weighted by atomic mass is 32.3. The Bertz CT molecular complexity index is 578. The molecule has 0 amide bonds. The molecule has 0 aliphatic rings. The predicted molar refractivity (Wildman–Crippen MR) is 61.3 cm³/mol. The zero-order chi connectivity index (χ0) is 13.1. The molecular weight excluding hydrogens is 269 g/mol. The highest BCUT2D eigenvalue weighted by Gasteiger charge is 2.15. The normalized spacial score (nSPS) is 12.6. The number of nitrogens with one attached hydrogen (secondary N) is 1. The molecule has 0 aliphatic carbocycles. The Morgan fingerprint density at radius 2 is 1.65 bits per heavy atom. The third-order valence-electron chi connectivity index (χ3n) is 1.97. The van der Waals surface area contributed by atoms with Crippen LogP contribution in [0.4, 0.5) is 3.89 Å². The number of hydrogen-bond acceptors (Lipinski definition) is 4. The second-order valence-corrected chi connectivity index (χ2v) is 6.71. The van der Waals surface area contributed by atoms with Crippen LogP contribution in [-0.4, -0.2) is 29.1 Å². The van der Waals surface area contributed by atoms with Crippen LogP contribution in [0.3, 0.4) is 0 Å². The lowest BCUT2D eigenvalue weighted by molar-refractivity contribution is 0.550. The van der Waals surface area contributed by atoms with Crippen LogP contribution in [-0.2, 0) is 20.2 Å². The second-order valence-electron chi connectivity index (χ2n) is 3.45. The molecule has 0 spiro atoms. The van der Waals surface area contributed by atoms with Crippen molar-refractivity contribution in [2.24, 2.45) is 0 Å². The monoisotopic (exact) mass is 281 g/mol. The molecule has 0 aliphatic heterocycles. The lowest BCUT2D eigenvalue weighted by Crippen LogP contribution is -2.28. The van der Waals surface area contributed by atoms with Crippen LogP contribution in [0.15, 0.2) is 29.2 Å². The standard InChI is InChI=1S/C9H12FNO4S2/c1-8-2-4-9(5-3-8)17(14,15)11-6-7-16(10,12)13/h2-5,11H,6-7H2,1H3. The van der Waals surface area contributed by atoms with Gasteiger partial charge in [0.2, 0.25) is 10.0 Å². The fourth-order valence-corrected chi connectivity index (χ4v) is 2.61. The van der Waals surface area contributed by atoms with E-state index in [0.717, 1.165) is 5.56 Å². The minimum atomic E-state index is -4.66. The SMILES string of the molecule is Cc1ccc(S(=O)(=O)NCCS(=O)(=O)F)cc1. The molecule has 0 atom stereocenters. The lowest BCUT2D eigenvalue weighted by Gasteiger charge is -2.05. The summed E-state index contributed by atoms with van der Waals surface area (Å²) < 4.78 is 57.8. The average molecular weight is 281 g/mol. The van der Waals surface area contributed by atoms with E-state index in [9.17, 15) is 20.7 Å². The number of halogens is 1. The van der Waals surface area contributed by atoms with Gasteiger partial charge in [0.05, 0.1) is 10.6 Å². The summed E-state index contributed by atoms with van der Waals surface area (Å²) >= 11 is 0. The molecule has 0 aromatic heterocycles. The minimum absolute atomic E-state index is 0.0133. The van der Waals surface area contributed by atoms with E-state index in [1.807, 2.05) is 4.72 Å². The summed E-state index contributed by atoms with van der Waals surface area (Å²) in [6.07, 6.45) is 0. The van der Waals surface area contributed by atoms with E-state index in [1.54, 1.807) is 19.1 Å². The highest BCUT2D eigenvalue weighted by molar-refractivity contribution is 7.89. The molecule has 0 heterocycles. The molecule has 1 aromatic carbocycles. The van der Waals surface area contributed by atoms with Gasteiger partial charge < -0.3 is 0 Å². The van der Waals surface area contributed by atoms with Crippen molar-refractivity contribution in [3.05, 3.63) is 29.8 Å². The van der Waals surface area contributed by atoms with Gasteiger partial charge in [-0.3, -0.25) is 0 Å². The molecule has 8 heteroatoms. The van der Waals surface area contributed by atoms with Crippen LogP contribution in [0, 0.1) is 6.92 Å². The number of sulfonamides is 1. The largest absolute Gasteiger partial charge is 0.303 e. The maximum Gasteiger partial charge on any atom is 0.303 e. The third kappa shape index (κ3) is 4.80. The first kappa shape index (κ1) is 14.1. The molecule has 0 saturated heterocycles. The quantitative estimate of drug-likeness (QED) is 0.800. The molecule has 17 heavy (non-hydrogen) atoms. The van der Waals surface area contributed by atoms with Crippen molar-refractivity contribution in [2.45, 2.75) is 11.8 Å². The molecule has 1 aromatic rings. The maximum atomic E-state index is 12.2. The Labute approximate surface area is 99.9 Å². The van der Waals surface area contributed by atoms with Gasteiger partial charge in [-0.1, -0.05) is 17.7 Å². The zero-order valence-corrected chi connectivity index (χ0v) is 10.7. The summed E-state index contributed by atoms with van der Waals surface area (Å²) in [7, 11) is -8.44. The summed E-state index contributed by atoms with van der Waals surface area (Å²) in [6, 6.07) is 6.00. The van der Waals surface area contributed by atoms with Crippen LogP contribution in [0.1, 0.15) is 5.56 Å². The Morgan fingerprint density at radius 1 is 1.12 bits per heavy atom. The molecule has 0 saturated carbocycles. The van der Waals surface area contributed by atoms with Gasteiger partial charge in [0, 0.05) is 6.54 Å². The van der Waals surface area contributed by atoms with E-state index in [2.05, 4.69) is 0 Å². The van der Waals surface area contributed by atoms with Crippen molar-refractivity contribution in [2.75, 3.05) is 12.3 Å². The van der Waals surface area contributed by atoms with Crippen molar-refractivity contribution >= 4 is 20.2 Å². The van der Waals surface area contributed by atoms with Gasteiger partial charge >= 0.3 is 10.2 Å². The van der Waals surface area contributed by atoms with Gasteiger partial charge in [-0.05, 0) is 19.1 Å². The summed E-state index contributed by atoms with van der Waals surface area (Å²) in [4.78, 5) is 0.0133. The Morgan fingerprint density at radius 3 is 2.12 bits per heavy atom. The fraction of sp³-hybridized carbons (Fsp3) is 0.333. The van der Waals surface area contributed by atoms with Crippen LogP contribution in [0.2, 0.25) is 0 Å². The first-order valence-electron chi connectivity index (χ1n) is 4.69. The average Bonchev–Trinajstić information content (AvgIpc) is 2.15. The first-order chi connectivity index (χ1) is 7.71. The third-order valence-corrected chi connectivity index (χ3v) is 4.14. The maximum absolute atomic E-state index is 12.2. The van der Waals surface area contributed by atoms with Gasteiger partial charge in [0.1, 0.15) is 0 Å². The summed E-state index contributed by atoms with van der Waals surface area (Å²) in [5.41, 5.74) is 0.898. The number of aryl methyl sites for hydroxylation is 1. The molecule has 1 rings (SSSR count). The van der Waals surface area contributed by atoms with Crippen LogP contribution >= 0.6 is 0 Å². The number of rotatable bonds is 5. The van der Waals surface area contributed by atoms with Gasteiger partial charge in [-0.15, -0.1) is 3.89 Å². The Balaban J connectivity index is 2.73. The lowest BCUT2D eigenvalue weighted by atomic mass is 10.2. The summed E-state index contributed by atoms with van der Waals surface area (Å²) in [6.45, 7) is 1.31. The van der Waals surface area contributed by atoms with Crippen molar-refractivity contribution in [3.8, 4) is 0 Å². The van der Waals surface area contributed by atoms with E-state index in [0.29, 0.717) is 0 Å². The van der Waals surface area contributed by atoms with E-state index in [4.69, 9.17) is 0 Å². The number of benzene rings is 1. The molecule has 96 valence electrons. The molecule has 0 unspecified atom stereocenters. The number of hydrogen-bond donors (Lipinski definition) is 1. The molecule has 0 bridgehead atoms. The predicted octanol–water partition coefficient (Wildman–Crippen LogP) is 0.573. The van der Waals surface area contributed by atoms with Crippen molar-refractivity contribution in [1.82, 2.24) is 4.72 Å². The van der Waals surface area contributed by atoms with E-state index in [1.165, 1.54) is 12.1 Å². The van der Waals surface area contributed by atoms with Crippen molar-refractivity contribution in [3.63, 3.8) is 0 Å². The van der Waals surface area contributed by atoms with Crippen LogP contribution < -0.4 is 4.72 Å². The molecule has 5 nitrogen and oxygen atoms in total. The molecule has 1 N–H and O–H groups in total. The van der Waals surface area contributed by atoms with Crippen molar-refractivity contribution < 1.29 is 20.7 Å². The topological polar surface area (TPSA) is 80.3 Å². The van der Waals surface area contributed by atoms with Gasteiger partial charge in [-0.2, -0.15) is 8.42 Å². The summed E-state index contributed by atoms with van der Waals surface area (Å²) in [5, 5.41) is 0. The van der Waals surface area contributed by atoms with E-state index in [-0.39, 0.29) is 4.90 Å². The van der Waals surface area contributed by atoms with Gasteiger partial charge in [0.15, 0.2) is 0 Å². The smallest absolute Gasteiger partial charge is 0.210 e. The van der Waals surface area contributed by atoms with E-state index < -0.39 is 32.5 Å².